The predicted octanol–water partition coefficient (Wildman–Crippen LogP) is 3.54. The Morgan fingerprint density at radius 3 is 2.36 bits per heavy atom. The van der Waals surface area contributed by atoms with E-state index in [1.165, 1.54) is 19.3 Å². The second-order valence-electron chi connectivity index (χ2n) is 6.68. The monoisotopic (exact) mass is 347 g/mol. The summed E-state index contributed by atoms with van der Waals surface area (Å²) in [6.07, 6.45) is 8.24. The Labute approximate surface area is 150 Å². The molecule has 1 saturated carbocycles. The van der Waals surface area contributed by atoms with Crippen LogP contribution in [0, 0.1) is 6.92 Å². The highest BCUT2D eigenvalue weighted by atomic mass is 16.5. The van der Waals surface area contributed by atoms with Crippen LogP contribution in [-0.2, 0) is 14.3 Å². The molecule has 0 heterocycles. The molecule has 0 aliphatic heterocycles. The molecule has 1 fully saturated rings. The van der Waals surface area contributed by atoms with Crippen LogP contribution in [0.5, 0.6) is 5.75 Å². The Kier molecular flexibility index (Phi) is 8.29. The molecule has 1 aliphatic rings. The summed E-state index contributed by atoms with van der Waals surface area (Å²) in [5.74, 6) is 0.0960. The Balaban J connectivity index is 1.58. The van der Waals surface area contributed by atoms with Crippen molar-refractivity contribution in [3.63, 3.8) is 0 Å². The van der Waals surface area contributed by atoms with Crippen LogP contribution >= 0.6 is 0 Å². The lowest BCUT2D eigenvalue weighted by atomic mass is 9.97. The average molecular weight is 347 g/mol. The number of rotatable bonds is 7. The Morgan fingerprint density at radius 1 is 1.04 bits per heavy atom. The lowest BCUT2D eigenvalue weighted by Gasteiger charge is -2.20. The zero-order chi connectivity index (χ0) is 17.9. The van der Waals surface area contributed by atoms with Gasteiger partial charge < -0.3 is 14.8 Å². The third-order valence-corrected chi connectivity index (χ3v) is 4.43. The van der Waals surface area contributed by atoms with E-state index in [4.69, 9.17) is 9.47 Å². The first-order chi connectivity index (χ1) is 12.1. The van der Waals surface area contributed by atoms with Crippen LogP contribution in [0.4, 0.5) is 0 Å². The molecule has 5 nitrogen and oxygen atoms in total. The van der Waals surface area contributed by atoms with Gasteiger partial charge in [-0.05, 0) is 31.9 Å². The molecule has 1 aromatic rings. The summed E-state index contributed by atoms with van der Waals surface area (Å²) >= 11 is 0. The maximum atomic E-state index is 11.9. The summed E-state index contributed by atoms with van der Waals surface area (Å²) in [5, 5.41) is 2.98. The average Bonchev–Trinajstić information content (AvgIpc) is 2.57. The first-order valence-corrected chi connectivity index (χ1v) is 9.28. The fraction of sp³-hybridized carbons (Fsp3) is 0.600. The van der Waals surface area contributed by atoms with Gasteiger partial charge in [0.05, 0.1) is 13.0 Å². The summed E-state index contributed by atoms with van der Waals surface area (Å²) in [6.45, 7) is 2.04. The second kappa shape index (κ2) is 10.7. The molecule has 0 atom stereocenters. The van der Waals surface area contributed by atoms with Gasteiger partial charge in [0.1, 0.15) is 5.75 Å². The zero-order valence-corrected chi connectivity index (χ0v) is 15.1. The first kappa shape index (κ1) is 19.3. The van der Waals surface area contributed by atoms with Crippen molar-refractivity contribution < 1.29 is 19.1 Å². The van der Waals surface area contributed by atoms with Gasteiger partial charge in [0.15, 0.2) is 6.61 Å². The number of hydrogen-bond donors (Lipinski definition) is 1. The first-order valence-electron chi connectivity index (χ1n) is 9.28. The predicted molar refractivity (Wildman–Crippen MR) is 96.5 cm³/mol. The number of aryl methyl sites for hydroxylation is 1. The minimum atomic E-state index is -0.417. The maximum Gasteiger partial charge on any atom is 0.309 e. The van der Waals surface area contributed by atoms with Gasteiger partial charge in [-0.2, -0.15) is 0 Å². The molecule has 0 bridgehead atoms. The minimum absolute atomic E-state index is 0.130. The summed E-state index contributed by atoms with van der Waals surface area (Å²) in [4.78, 5) is 23.6. The van der Waals surface area contributed by atoms with Crippen molar-refractivity contribution in [2.75, 3.05) is 13.2 Å². The fourth-order valence-electron chi connectivity index (χ4n) is 2.97. The molecule has 0 aromatic heterocycles. The third-order valence-electron chi connectivity index (χ3n) is 4.43. The molecule has 0 radical (unpaired) electrons. The molecule has 1 aliphatic carbocycles. The molecule has 0 unspecified atom stereocenters. The number of nitrogens with one attached hydrogen (secondary N) is 1. The summed E-state index contributed by atoms with van der Waals surface area (Å²) in [6, 6.07) is 7.85. The van der Waals surface area contributed by atoms with Crippen LogP contribution in [0.2, 0.25) is 0 Å². The van der Waals surface area contributed by atoms with Crippen LogP contribution < -0.4 is 10.1 Å². The smallest absolute Gasteiger partial charge is 0.309 e. The fourth-order valence-corrected chi connectivity index (χ4v) is 2.97. The molecule has 2 rings (SSSR count). The van der Waals surface area contributed by atoms with Gasteiger partial charge in [-0.25, -0.2) is 0 Å². The lowest BCUT2D eigenvalue weighted by molar-refractivity contribution is -0.149. The minimum Gasteiger partial charge on any atom is -0.493 e. The van der Waals surface area contributed by atoms with Gasteiger partial charge in [0.25, 0.3) is 5.91 Å². The SMILES string of the molecule is Cc1ccc(OCCC(=O)OCC(=O)NC2CCCCCCC2)cc1. The van der Waals surface area contributed by atoms with E-state index in [2.05, 4.69) is 5.32 Å². The van der Waals surface area contributed by atoms with E-state index >= 15 is 0 Å². The highest BCUT2D eigenvalue weighted by Gasteiger charge is 2.15. The molecule has 138 valence electrons. The normalized spacial score (nSPS) is 15.7. The number of carbonyl (C=O) groups excluding carboxylic acids is 2. The van der Waals surface area contributed by atoms with E-state index < -0.39 is 5.97 Å². The molecule has 0 spiro atoms. The molecule has 1 aromatic carbocycles. The van der Waals surface area contributed by atoms with Crippen LogP contribution in [-0.4, -0.2) is 31.1 Å². The van der Waals surface area contributed by atoms with Crippen molar-refractivity contribution in [3.8, 4) is 5.75 Å². The van der Waals surface area contributed by atoms with Crippen molar-refractivity contribution in [1.82, 2.24) is 5.32 Å². The van der Waals surface area contributed by atoms with Gasteiger partial charge in [-0.1, -0.05) is 49.8 Å². The van der Waals surface area contributed by atoms with E-state index in [1.807, 2.05) is 31.2 Å². The van der Waals surface area contributed by atoms with Gasteiger partial charge in [-0.3, -0.25) is 9.59 Å². The lowest BCUT2D eigenvalue weighted by Crippen LogP contribution is -2.38. The third kappa shape index (κ3) is 8.05. The van der Waals surface area contributed by atoms with Gasteiger partial charge >= 0.3 is 5.97 Å². The highest BCUT2D eigenvalue weighted by molar-refractivity contribution is 5.80. The second-order valence-corrected chi connectivity index (χ2v) is 6.68. The zero-order valence-electron chi connectivity index (χ0n) is 15.1. The Bertz CT molecular complexity index is 533. The van der Waals surface area contributed by atoms with Crippen molar-refractivity contribution in [3.05, 3.63) is 29.8 Å². The van der Waals surface area contributed by atoms with Gasteiger partial charge in [-0.15, -0.1) is 0 Å². The van der Waals surface area contributed by atoms with Crippen LogP contribution in [0.1, 0.15) is 56.9 Å². The molecular weight excluding hydrogens is 318 g/mol. The topological polar surface area (TPSA) is 64.6 Å². The summed E-state index contributed by atoms with van der Waals surface area (Å²) in [5.41, 5.74) is 1.15. The van der Waals surface area contributed by atoms with Crippen LogP contribution in [0.3, 0.4) is 0 Å². The van der Waals surface area contributed by atoms with E-state index in [0.717, 1.165) is 37.0 Å². The number of esters is 1. The maximum absolute atomic E-state index is 11.9. The summed E-state index contributed by atoms with van der Waals surface area (Å²) in [7, 11) is 0. The Morgan fingerprint density at radius 2 is 1.68 bits per heavy atom. The van der Waals surface area contributed by atoms with E-state index in [1.54, 1.807) is 0 Å². The Hall–Kier alpha value is -2.04. The number of ether oxygens (including phenoxy) is 2. The van der Waals surface area contributed by atoms with Gasteiger partial charge in [0, 0.05) is 6.04 Å². The molecule has 0 saturated heterocycles. The molecule has 1 N–H and O–H groups in total. The van der Waals surface area contributed by atoms with Crippen LogP contribution in [0.15, 0.2) is 24.3 Å². The van der Waals surface area contributed by atoms with E-state index in [-0.39, 0.29) is 31.6 Å². The molecule has 25 heavy (non-hydrogen) atoms. The number of hydrogen-bond acceptors (Lipinski definition) is 4. The standard InChI is InChI=1S/C20H29NO4/c1-16-9-11-18(12-10-16)24-14-13-20(23)25-15-19(22)21-17-7-5-3-2-4-6-8-17/h9-12,17H,2-8,13-15H2,1H3,(H,21,22). The van der Waals surface area contributed by atoms with Crippen molar-refractivity contribution in [2.24, 2.45) is 0 Å². The summed E-state index contributed by atoms with van der Waals surface area (Å²) < 4.78 is 10.5. The molecule has 1 amide bonds. The van der Waals surface area contributed by atoms with Gasteiger partial charge in [0.2, 0.25) is 0 Å². The van der Waals surface area contributed by atoms with Crippen LogP contribution in [0.25, 0.3) is 0 Å². The molecular formula is C20H29NO4. The number of benzene rings is 1. The number of amides is 1. The van der Waals surface area contributed by atoms with E-state index in [9.17, 15) is 9.59 Å². The highest BCUT2D eigenvalue weighted by Crippen LogP contribution is 2.17. The number of carbonyl (C=O) groups is 2. The van der Waals surface area contributed by atoms with E-state index in [0.29, 0.717) is 0 Å². The van der Waals surface area contributed by atoms with Crippen molar-refractivity contribution >= 4 is 11.9 Å². The quantitative estimate of drug-likeness (QED) is 0.766. The molecule has 5 heteroatoms. The van der Waals surface area contributed by atoms with Crippen molar-refractivity contribution in [1.29, 1.82) is 0 Å². The van der Waals surface area contributed by atoms with Crippen molar-refractivity contribution in [2.45, 2.75) is 64.3 Å². The largest absolute Gasteiger partial charge is 0.493 e.